The Morgan fingerprint density at radius 3 is 2.47 bits per heavy atom. The van der Waals surface area contributed by atoms with Gasteiger partial charge in [-0.05, 0) is 18.1 Å². The highest BCUT2D eigenvalue weighted by Crippen LogP contribution is 2.31. The summed E-state index contributed by atoms with van der Waals surface area (Å²) in [6.07, 6.45) is 0.888. The molecule has 0 aliphatic rings. The summed E-state index contributed by atoms with van der Waals surface area (Å²) in [4.78, 5) is 0. The number of hydrogen-bond acceptors (Lipinski definition) is 3. The quantitative estimate of drug-likeness (QED) is 0.809. The molecule has 0 aromatic heterocycles. The van der Waals surface area contributed by atoms with Crippen LogP contribution in [0.15, 0.2) is 18.2 Å². The van der Waals surface area contributed by atoms with Gasteiger partial charge in [0.1, 0.15) is 11.5 Å². The first kappa shape index (κ1) is 11.9. The molecule has 0 heterocycles. The van der Waals surface area contributed by atoms with Crippen molar-refractivity contribution in [2.45, 2.75) is 19.3 Å². The van der Waals surface area contributed by atoms with Crippen molar-refractivity contribution in [3.05, 3.63) is 23.8 Å². The average molecular weight is 210 g/mol. The molecule has 0 aliphatic carbocycles. The van der Waals surface area contributed by atoms with Gasteiger partial charge in [0.2, 0.25) is 0 Å². The standard InChI is InChI=1S/C12H18O3/c1-4-9(8-13)11-6-5-10(14-2)7-12(11)15-3/h5-7,9,13H,4,8H2,1-3H3. The summed E-state index contributed by atoms with van der Waals surface area (Å²) in [5, 5.41) is 9.24. The van der Waals surface area contributed by atoms with Crippen molar-refractivity contribution in [2.75, 3.05) is 20.8 Å². The number of methoxy groups -OCH3 is 2. The number of rotatable bonds is 5. The Kier molecular flexibility index (Phi) is 4.43. The monoisotopic (exact) mass is 210 g/mol. The zero-order valence-electron chi connectivity index (χ0n) is 9.49. The molecule has 0 radical (unpaired) electrons. The minimum Gasteiger partial charge on any atom is -0.497 e. The van der Waals surface area contributed by atoms with Crippen molar-refractivity contribution in [1.82, 2.24) is 0 Å². The molecule has 15 heavy (non-hydrogen) atoms. The van der Waals surface area contributed by atoms with E-state index in [1.807, 2.05) is 25.1 Å². The van der Waals surface area contributed by atoms with Crippen LogP contribution < -0.4 is 9.47 Å². The molecule has 0 spiro atoms. The average Bonchev–Trinajstić information content (AvgIpc) is 2.31. The van der Waals surface area contributed by atoms with Crippen LogP contribution in [0.25, 0.3) is 0 Å². The van der Waals surface area contributed by atoms with Gasteiger partial charge in [0.15, 0.2) is 0 Å². The highest BCUT2D eigenvalue weighted by molar-refractivity contribution is 5.42. The molecule has 0 amide bonds. The molecule has 84 valence electrons. The second-order valence-corrected chi connectivity index (χ2v) is 3.40. The van der Waals surface area contributed by atoms with E-state index in [1.165, 1.54) is 0 Å². The normalized spacial score (nSPS) is 12.3. The van der Waals surface area contributed by atoms with E-state index >= 15 is 0 Å². The number of aliphatic hydroxyl groups excluding tert-OH is 1. The predicted molar refractivity (Wildman–Crippen MR) is 59.7 cm³/mol. The third kappa shape index (κ3) is 2.63. The Hall–Kier alpha value is -1.22. The fourth-order valence-electron chi connectivity index (χ4n) is 1.60. The lowest BCUT2D eigenvalue weighted by molar-refractivity contribution is 0.258. The van der Waals surface area contributed by atoms with Crippen molar-refractivity contribution < 1.29 is 14.6 Å². The first-order chi connectivity index (χ1) is 7.26. The van der Waals surface area contributed by atoms with Gasteiger partial charge in [0.25, 0.3) is 0 Å². The fraction of sp³-hybridized carbons (Fsp3) is 0.500. The van der Waals surface area contributed by atoms with Gasteiger partial charge in [0.05, 0.1) is 20.8 Å². The highest BCUT2D eigenvalue weighted by atomic mass is 16.5. The van der Waals surface area contributed by atoms with E-state index < -0.39 is 0 Å². The van der Waals surface area contributed by atoms with Crippen LogP contribution >= 0.6 is 0 Å². The number of aliphatic hydroxyl groups is 1. The molecule has 0 aliphatic heterocycles. The minimum atomic E-state index is 0.130. The summed E-state index contributed by atoms with van der Waals surface area (Å²) in [7, 11) is 3.25. The van der Waals surface area contributed by atoms with Gasteiger partial charge in [-0.15, -0.1) is 0 Å². The molecular weight excluding hydrogens is 192 g/mol. The van der Waals surface area contributed by atoms with E-state index in [0.29, 0.717) is 0 Å². The topological polar surface area (TPSA) is 38.7 Å². The zero-order valence-corrected chi connectivity index (χ0v) is 9.49. The molecule has 1 unspecified atom stereocenters. The summed E-state index contributed by atoms with van der Waals surface area (Å²) >= 11 is 0. The van der Waals surface area contributed by atoms with Crippen LogP contribution in [-0.4, -0.2) is 25.9 Å². The second-order valence-electron chi connectivity index (χ2n) is 3.40. The molecule has 0 fully saturated rings. The molecule has 3 heteroatoms. The molecule has 1 rings (SSSR count). The maximum absolute atomic E-state index is 9.24. The SMILES string of the molecule is CCC(CO)c1ccc(OC)cc1OC. The number of hydrogen-bond donors (Lipinski definition) is 1. The van der Waals surface area contributed by atoms with Crippen molar-refractivity contribution in [3.63, 3.8) is 0 Å². The summed E-state index contributed by atoms with van der Waals surface area (Å²) in [5.41, 5.74) is 1.03. The van der Waals surface area contributed by atoms with Crippen LogP contribution in [-0.2, 0) is 0 Å². The first-order valence-corrected chi connectivity index (χ1v) is 5.09. The van der Waals surface area contributed by atoms with Crippen LogP contribution in [0, 0.1) is 0 Å². The van der Waals surface area contributed by atoms with Crippen LogP contribution in [0.3, 0.4) is 0 Å². The van der Waals surface area contributed by atoms with Gasteiger partial charge < -0.3 is 14.6 Å². The lowest BCUT2D eigenvalue weighted by Crippen LogP contribution is -2.05. The maximum Gasteiger partial charge on any atom is 0.126 e. The Morgan fingerprint density at radius 2 is 2.00 bits per heavy atom. The Labute approximate surface area is 90.6 Å². The predicted octanol–water partition coefficient (Wildman–Crippen LogP) is 2.19. The molecule has 0 saturated carbocycles. The molecule has 1 atom stereocenters. The summed E-state index contributed by atoms with van der Waals surface area (Å²) in [6.45, 7) is 2.18. The van der Waals surface area contributed by atoms with E-state index in [4.69, 9.17) is 9.47 Å². The van der Waals surface area contributed by atoms with Crippen molar-refractivity contribution in [2.24, 2.45) is 0 Å². The molecule has 3 nitrogen and oxygen atoms in total. The smallest absolute Gasteiger partial charge is 0.126 e. The van der Waals surface area contributed by atoms with Gasteiger partial charge in [-0.3, -0.25) is 0 Å². The minimum absolute atomic E-state index is 0.130. The molecule has 0 bridgehead atoms. The second kappa shape index (κ2) is 5.61. The summed E-state index contributed by atoms with van der Waals surface area (Å²) in [5.74, 6) is 1.67. The molecule has 1 aromatic carbocycles. The van der Waals surface area contributed by atoms with E-state index in [0.717, 1.165) is 23.5 Å². The highest BCUT2D eigenvalue weighted by Gasteiger charge is 2.13. The lowest BCUT2D eigenvalue weighted by Gasteiger charge is -2.16. The van der Waals surface area contributed by atoms with Gasteiger partial charge in [-0.2, -0.15) is 0 Å². The van der Waals surface area contributed by atoms with E-state index in [1.54, 1.807) is 14.2 Å². The first-order valence-electron chi connectivity index (χ1n) is 5.09. The van der Waals surface area contributed by atoms with Crippen LogP contribution in [0.4, 0.5) is 0 Å². The fourth-order valence-corrected chi connectivity index (χ4v) is 1.60. The Morgan fingerprint density at radius 1 is 1.27 bits per heavy atom. The van der Waals surface area contributed by atoms with E-state index in [2.05, 4.69) is 0 Å². The van der Waals surface area contributed by atoms with Crippen LogP contribution in [0.5, 0.6) is 11.5 Å². The Balaban J connectivity index is 3.06. The maximum atomic E-state index is 9.24. The third-order valence-electron chi connectivity index (χ3n) is 2.59. The number of ether oxygens (including phenoxy) is 2. The van der Waals surface area contributed by atoms with Crippen LogP contribution in [0.1, 0.15) is 24.8 Å². The van der Waals surface area contributed by atoms with Crippen molar-refractivity contribution in [3.8, 4) is 11.5 Å². The third-order valence-corrected chi connectivity index (χ3v) is 2.59. The molecular formula is C12H18O3. The molecule has 1 aromatic rings. The van der Waals surface area contributed by atoms with Gasteiger partial charge >= 0.3 is 0 Å². The van der Waals surface area contributed by atoms with Crippen LogP contribution in [0.2, 0.25) is 0 Å². The molecule has 0 saturated heterocycles. The summed E-state index contributed by atoms with van der Waals surface area (Å²) < 4.78 is 10.4. The van der Waals surface area contributed by atoms with E-state index in [-0.39, 0.29) is 12.5 Å². The van der Waals surface area contributed by atoms with Gasteiger partial charge in [-0.25, -0.2) is 0 Å². The van der Waals surface area contributed by atoms with Gasteiger partial charge in [-0.1, -0.05) is 13.0 Å². The molecule has 1 N–H and O–H groups in total. The van der Waals surface area contributed by atoms with Crippen molar-refractivity contribution >= 4 is 0 Å². The van der Waals surface area contributed by atoms with E-state index in [9.17, 15) is 5.11 Å². The lowest BCUT2D eigenvalue weighted by atomic mass is 9.96. The van der Waals surface area contributed by atoms with Crippen molar-refractivity contribution in [1.29, 1.82) is 0 Å². The summed E-state index contributed by atoms with van der Waals surface area (Å²) in [6, 6.07) is 5.67. The largest absolute Gasteiger partial charge is 0.497 e. The Bertz CT molecular complexity index is 306. The zero-order chi connectivity index (χ0) is 11.3. The van der Waals surface area contributed by atoms with Gasteiger partial charge in [0, 0.05) is 12.0 Å². The number of benzene rings is 1.